The number of nitrogens with zero attached hydrogens (tertiary/aromatic N) is 2. The van der Waals surface area contributed by atoms with Crippen molar-refractivity contribution in [3.8, 4) is 0 Å². The van der Waals surface area contributed by atoms with Crippen molar-refractivity contribution >= 4 is 17.4 Å². The highest BCUT2D eigenvalue weighted by molar-refractivity contribution is 6.31. The molecule has 4 nitrogen and oxygen atoms in total. The Morgan fingerprint density at radius 3 is 2.88 bits per heavy atom. The Morgan fingerprint density at radius 1 is 1.31 bits per heavy atom. The Bertz CT molecular complexity index is 565. The van der Waals surface area contributed by atoms with Crippen LogP contribution in [0.4, 0.5) is 5.82 Å². The lowest BCUT2D eigenvalue weighted by atomic mass is 10.3. The van der Waals surface area contributed by atoms with E-state index in [0.717, 1.165) is 0 Å². The molecule has 0 amide bonds. The number of anilines is 1. The molecule has 0 saturated carbocycles. The zero-order valence-electron chi connectivity index (χ0n) is 8.43. The second kappa shape index (κ2) is 4.37. The van der Waals surface area contributed by atoms with Gasteiger partial charge in [0.15, 0.2) is 0 Å². The van der Waals surface area contributed by atoms with Gasteiger partial charge in [0, 0.05) is 12.3 Å². The zero-order chi connectivity index (χ0) is 11.5. The highest BCUT2D eigenvalue weighted by Gasteiger charge is 2.04. The third-order valence-corrected chi connectivity index (χ3v) is 2.50. The van der Waals surface area contributed by atoms with Gasteiger partial charge in [-0.05, 0) is 18.2 Å². The van der Waals surface area contributed by atoms with E-state index >= 15 is 0 Å². The molecule has 2 aromatic rings. The summed E-state index contributed by atoms with van der Waals surface area (Å²) in [5, 5.41) is 0.505. The summed E-state index contributed by atoms with van der Waals surface area (Å²) in [5.74, 6) is 0.392. The van der Waals surface area contributed by atoms with Gasteiger partial charge < -0.3 is 10.3 Å². The first-order valence-corrected chi connectivity index (χ1v) is 5.11. The normalized spacial score (nSPS) is 10.3. The van der Waals surface area contributed by atoms with Crippen LogP contribution in [0, 0.1) is 0 Å². The lowest BCUT2D eigenvalue weighted by Crippen LogP contribution is -2.19. The smallest absolute Gasteiger partial charge is 0.250 e. The monoisotopic (exact) mass is 235 g/mol. The maximum atomic E-state index is 11.5. The van der Waals surface area contributed by atoms with E-state index in [0.29, 0.717) is 23.1 Å². The van der Waals surface area contributed by atoms with Crippen molar-refractivity contribution in [3.05, 3.63) is 57.6 Å². The Hall–Kier alpha value is -1.81. The zero-order valence-corrected chi connectivity index (χ0v) is 9.19. The molecule has 0 spiro atoms. The van der Waals surface area contributed by atoms with Crippen LogP contribution in [0.2, 0.25) is 5.02 Å². The van der Waals surface area contributed by atoms with Crippen molar-refractivity contribution < 1.29 is 0 Å². The summed E-state index contributed by atoms with van der Waals surface area (Å²) in [5.41, 5.74) is 6.06. The molecule has 2 rings (SSSR count). The average molecular weight is 236 g/mol. The molecule has 0 aliphatic heterocycles. The summed E-state index contributed by atoms with van der Waals surface area (Å²) >= 11 is 5.97. The Kier molecular flexibility index (Phi) is 2.92. The van der Waals surface area contributed by atoms with Crippen LogP contribution in [0.25, 0.3) is 0 Å². The molecule has 0 saturated heterocycles. The number of halogens is 1. The second-order valence-corrected chi connectivity index (χ2v) is 3.74. The summed E-state index contributed by atoms with van der Waals surface area (Å²) in [4.78, 5) is 15.6. The number of hydrogen-bond acceptors (Lipinski definition) is 3. The highest BCUT2D eigenvalue weighted by atomic mass is 35.5. The summed E-state index contributed by atoms with van der Waals surface area (Å²) < 4.78 is 1.52. The fourth-order valence-electron chi connectivity index (χ4n) is 1.36. The number of pyridine rings is 2. The molecular weight excluding hydrogens is 226 g/mol. The van der Waals surface area contributed by atoms with Crippen molar-refractivity contribution in [3.63, 3.8) is 0 Å². The highest BCUT2D eigenvalue weighted by Crippen LogP contribution is 2.15. The van der Waals surface area contributed by atoms with Crippen LogP contribution in [0.15, 0.2) is 41.3 Å². The molecule has 82 valence electrons. The van der Waals surface area contributed by atoms with Crippen LogP contribution in [0.1, 0.15) is 5.69 Å². The first kappa shape index (κ1) is 10.7. The number of rotatable bonds is 2. The van der Waals surface area contributed by atoms with Gasteiger partial charge in [-0.25, -0.2) is 4.98 Å². The van der Waals surface area contributed by atoms with E-state index in [1.807, 2.05) is 0 Å². The molecular formula is C11H10ClN3O. The van der Waals surface area contributed by atoms with Crippen LogP contribution >= 0.6 is 11.6 Å². The molecule has 0 fully saturated rings. The van der Waals surface area contributed by atoms with E-state index in [1.165, 1.54) is 10.6 Å². The molecule has 2 heterocycles. The SMILES string of the molecule is Nc1ccc(Cl)c(Cn2ccccc2=O)n1. The van der Waals surface area contributed by atoms with Crippen molar-refractivity contribution in [2.24, 2.45) is 0 Å². The van der Waals surface area contributed by atoms with Crippen molar-refractivity contribution in [2.45, 2.75) is 6.54 Å². The van der Waals surface area contributed by atoms with Crippen LogP contribution < -0.4 is 11.3 Å². The molecule has 0 aromatic carbocycles. The molecule has 0 radical (unpaired) electrons. The van der Waals surface area contributed by atoms with E-state index in [2.05, 4.69) is 4.98 Å². The summed E-state index contributed by atoms with van der Waals surface area (Å²) in [6, 6.07) is 8.25. The third kappa shape index (κ3) is 2.23. The van der Waals surface area contributed by atoms with E-state index in [4.69, 9.17) is 17.3 Å². The molecule has 0 aliphatic carbocycles. The Labute approximate surface area is 97.3 Å². The first-order valence-electron chi connectivity index (χ1n) is 4.73. The molecule has 2 N–H and O–H groups in total. The largest absolute Gasteiger partial charge is 0.384 e. The molecule has 2 aromatic heterocycles. The van der Waals surface area contributed by atoms with Gasteiger partial charge in [0.25, 0.3) is 5.56 Å². The number of nitrogen functional groups attached to an aromatic ring is 1. The first-order chi connectivity index (χ1) is 7.66. The minimum absolute atomic E-state index is 0.0946. The van der Waals surface area contributed by atoms with Gasteiger partial charge >= 0.3 is 0 Å². The average Bonchev–Trinajstić information content (AvgIpc) is 2.27. The predicted octanol–water partition coefficient (Wildman–Crippen LogP) is 1.53. The van der Waals surface area contributed by atoms with Gasteiger partial charge in [-0.2, -0.15) is 0 Å². The number of hydrogen-bond donors (Lipinski definition) is 1. The maximum absolute atomic E-state index is 11.5. The lowest BCUT2D eigenvalue weighted by Gasteiger charge is -2.06. The maximum Gasteiger partial charge on any atom is 0.250 e. The van der Waals surface area contributed by atoms with Crippen molar-refractivity contribution in [1.82, 2.24) is 9.55 Å². The van der Waals surface area contributed by atoms with Crippen LogP contribution in [0.5, 0.6) is 0 Å². The molecule has 16 heavy (non-hydrogen) atoms. The Morgan fingerprint density at radius 2 is 2.12 bits per heavy atom. The van der Waals surface area contributed by atoms with Gasteiger partial charge in [-0.1, -0.05) is 17.7 Å². The van der Waals surface area contributed by atoms with E-state index in [9.17, 15) is 4.79 Å². The topological polar surface area (TPSA) is 60.9 Å². The van der Waals surface area contributed by atoms with E-state index in [1.54, 1.807) is 30.5 Å². The van der Waals surface area contributed by atoms with Gasteiger partial charge in [0.05, 0.1) is 17.3 Å². The van der Waals surface area contributed by atoms with Gasteiger partial charge in [-0.3, -0.25) is 4.79 Å². The van der Waals surface area contributed by atoms with Crippen molar-refractivity contribution in [1.29, 1.82) is 0 Å². The van der Waals surface area contributed by atoms with Gasteiger partial charge in [0.2, 0.25) is 0 Å². The fourth-order valence-corrected chi connectivity index (χ4v) is 1.53. The number of aromatic nitrogens is 2. The standard InChI is InChI=1S/C11H10ClN3O/c12-8-4-5-10(13)14-9(8)7-15-6-2-1-3-11(15)16/h1-6H,7H2,(H2,13,14). The summed E-state index contributed by atoms with van der Waals surface area (Å²) in [7, 11) is 0. The van der Waals surface area contributed by atoms with Crippen LogP contribution in [0.3, 0.4) is 0 Å². The lowest BCUT2D eigenvalue weighted by molar-refractivity contribution is 0.741. The molecule has 5 heteroatoms. The molecule has 0 bridgehead atoms. The molecule has 0 atom stereocenters. The minimum atomic E-state index is -0.0946. The third-order valence-electron chi connectivity index (χ3n) is 2.16. The fraction of sp³-hybridized carbons (Fsp3) is 0.0909. The van der Waals surface area contributed by atoms with Crippen LogP contribution in [-0.2, 0) is 6.54 Å². The van der Waals surface area contributed by atoms with E-state index < -0.39 is 0 Å². The van der Waals surface area contributed by atoms with E-state index in [-0.39, 0.29) is 5.56 Å². The van der Waals surface area contributed by atoms with Gasteiger partial charge in [0.1, 0.15) is 5.82 Å². The van der Waals surface area contributed by atoms with Crippen molar-refractivity contribution in [2.75, 3.05) is 5.73 Å². The summed E-state index contributed by atoms with van der Waals surface area (Å²) in [6.45, 7) is 0.323. The predicted molar refractivity (Wildman–Crippen MR) is 63.5 cm³/mol. The van der Waals surface area contributed by atoms with Crippen LogP contribution in [-0.4, -0.2) is 9.55 Å². The second-order valence-electron chi connectivity index (χ2n) is 3.33. The van der Waals surface area contributed by atoms with Gasteiger partial charge in [-0.15, -0.1) is 0 Å². The Balaban J connectivity index is 2.38. The number of nitrogens with two attached hydrogens (primary N) is 1. The molecule has 0 unspecified atom stereocenters. The quantitative estimate of drug-likeness (QED) is 0.859. The molecule has 0 aliphatic rings. The minimum Gasteiger partial charge on any atom is -0.384 e. The summed E-state index contributed by atoms with van der Waals surface area (Å²) in [6.07, 6.45) is 1.68.